The molecule has 7 nitrogen and oxygen atoms in total. The second-order valence-corrected chi connectivity index (χ2v) is 2.57. The third-order valence-corrected chi connectivity index (χ3v) is 1.36. The van der Waals surface area contributed by atoms with Gasteiger partial charge < -0.3 is 5.21 Å². The van der Waals surface area contributed by atoms with E-state index in [-0.39, 0.29) is 17.8 Å². The van der Waals surface area contributed by atoms with Gasteiger partial charge in [0.05, 0.1) is 11.8 Å². The molecule has 0 aliphatic carbocycles. The molecule has 15 heavy (non-hydrogen) atoms. The topological polar surface area (TPSA) is 115 Å². The lowest BCUT2D eigenvalue weighted by molar-refractivity contribution is -0.120. The Morgan fingerprint density at radius 1 is 1.47 bits per heavy atom. The fraction of sp³-hybridized carbons (Fsp3) is 0.375. The Balaban J connectivity index is 4.52. The molecule has 0 bridgehead atoms. The van der Waals surface area contributed by atoms with E-state index >= 15 is 0 Å². The van der Waals surface area contributed by atoms with Crippen LogP contribution in [0.4, 0.5) is 0 Å². The van der Waals surface area contributed by atoms with Gasteiger partial charge in [-0.2, -0.15) is 10.4 Å². The zero-order chi connectivity index (χ0) is 11.8. The average molecular weight is 210 g/mol. The molecule has 0 aliphatic rings. The minimum absolute atomic E-state index is 0.0660. The van der Waals surface area contributed by atoms with E-state index in [2.05, 4.69) is 10.3 Å². The zero-order valence-electron chi connectivity index (χ0n) is 8.31. The number of nitrogens with one attached hydrogen (secondary N) is 1. The van der Waals surface area contributed by atoms with Crippen molar-refractivity contribution in [3.8, 4) is 6.07 Å². The molecule has 0 heterocycles. The molecule has 0 aromatic carbocycles. The Morgan fingerprint density at radius 3 is 2.47 bits per heavy atom. The lowest BCUT2D eigenvalue weighted by atomic mass is 10.2. The third-order valence-electron chi connectivity index (χ3n) is 1.36. The van der Waals surface area contributed by atoms with Crippen LogP contribution in [0.15, 0.2) is 10.3 Å². The number of amides is 1. The van der Waals surface area contributed by atoms with E-state index in [0.717, 1.165) is 0 Å². The standard InChI is InChI=1S/C8H10N4O3/c1-5(8(12-15)6(2)13)10-11-7(14)3-4-9/h15H,3H2,1-2H3,(H,11,14)/b10-5+,12-8-. The number of hydrogen-bond acceptors (Lipinski definition) is 6. The van der Waals surface area contributed by atoms with Crippen molar-refractivity contribution in [1.82, 2.24) is 5.43 Å². The molecule has 0 spiro atoms. The molecule has 2 N–H and O–H groups in total. The van der Waals surface area contributed by atoms with Gasteiger partial charge in [0.1, 0.15) is 6.42 Å². The number of carbonyl (C=O) groups excluding carboxylic acids is 2. The Kier molecular flexibility index (Phi) is 5.33. The Hall–Kier alpha value is -2.23. The second kappa shape index (κ2) is 6.26. The number of nitriles is 1. The van der Waals surface area contributed by atoms with Gasteiger partial charge in [0.25, 0.3) is 5.91 Å². The highest BCUT2D eigenvalue weighted by Gasteiger charge is 2.10. The Morgan fingerprint density at radius 2 is 2.07 bits per heavy atom. The quantitative estimate of drug-likeness (QED) is 0.380. The van der Waals surface area contributed by atoms with Crippen LogP contribution >= 0.6 is 0 Å². The minimum Gasteiger partial charge on any atom is -0.410 e. The van der Waals surface area contributed by atoms with E-state index in [9.17, 15) is 9.59 Å². The first-order valence-electron chi connectivity index (χ1n) is 3.96. The normalized spacial score (nSPS) is 11.8. The lowest BCUT2D eigenvalue weighted by Gasteiger charge is -1.99. The Bertz CT molecular complexity index is 365. The van der Waals surface area contributed by atoms with E-state index in [4.69, 9.17) is 10.5 Å². The van der Waals surface area contributed by atoms with Crippen molar-refractivity contribution >= 4 is 23.1 Å². The Labute approximate surface area is 86.1 Å². The van der Waals surface area contributed by atoms with Crippen molar-refractivity contribution in [2.75, 3.05) is 0 Å². The molecule has 0 aliphatic heterocycles. The van der Waals surface area contributed by atoms with E-state index in [1.165, 1.54) is 13.8 Å². The fourth-order valence-corrected chi connectivity index (χ4v) is 0.708. The molecule has 80 valence electrons. The van der Waals surface area contributed by atoms with E-state index in [1.54, 1.807) is 6.07 Å². The zero-order valence-corrected chi connectivity index (χ0v) is 8.31. The van der Waals surface area contributed by atoms with Crippen molar-refractivity contribution in [3.63, 3.8) is 0 Å². The average Bonchev–Trinajstić information content (AvgIpc) is 2.15. The minimum atomic E-state index is -0.599. The SMILES string of the molecule is CC(=O)C(=N\O)/C(C)=N/NC(=O)CC#N. The van der Waals surface area contributed by atoms with Crippen molar-refractivity contribution < 1.29 is 14.8 Å². The molecule has 0 fully saturated rings. The number of carbonyl (C=O) groups is 2. The molecule has 0 saturated heterocycles. The van der Waals surface area contributed by atoms with Crippen molar-refractivity contribution in [2.45, 2.75) is 20.3 Å². The van der Waals surface area contributed by atoms with Gasteiger partial charge in [-0.1, -0.05) is 5.16 Å². The van der Waals surface area contributed by atoms with Crippen LogP contribution in [0, 0.1) is 11.3 Å². The highest BCUT2D eigenvalue weighted by Crippen LogP contribution is 1.86. The van der Waals surface area contributed by atoms with Gasteiger partial charge in [0.2, 0.25) is 0 Å². The fourth-order valence-electron chi connectivity index (χ4n) is 0.708. The smallest absolute Gasteiger partial charge is 0.254 e. The summed E-state index contributed by atoms with van der Waals surface area (Å²) < 4.78 is 0. The molecule has 1 amide bonds. The van der Waals surface area contributed by atoms with Crippen LogP contribution in [0.2, 0.25) is 0 Å². The first kappa shape index (κ1) is 12.8. The monoisotopic (exact) mass is 210 g/mol. The second-order valence-electron chi connectivity index (χ2n) is 2.57. The molecule has 0 saturated carbocycles. The molecule has 0 radical (unpaired) electrons. The molecule has 0 atom stereocenters. The summed E-state index contributed by atoms with van der Waals surface area (Å²) in [5.74, 6) is -1.08. The summed E-state index contributed by atoms with van der Waals surface area (Å²) >= 11 is 0. The van der Waals surface area contributed by atoms with Gasteiger partial charge in [0, 0.05) is 6.92 Å². The summed E-state index contributed by atoms with van der Waals surface area (Å²) in [5, 5.41) is 22.8. The number of hydrogen-bond donors (Lipinski definition) is 2. The number of Topliss-reactive ketones (excluding diaryl/α,β-unsaturated/α-hetero) is 1. The van der Waals surface area contributed by atoms with Crippen LogP contribution in [0.1, 0.15) is 20.3 Å². The summed E-state index contributed by atoms with van der Waals surface area (Å²) in [5.41, 5.74) is 1.86. The number of hydrazone groups is 1. The predicted octanol–water partition coefficient (Wildman–Crippen LogP) is -0.189. The van der Waals surface area contributed by atoms with Gasteiger partial charge in [-0.3, -0.25) is 9.59 Å². The molecular formula is C8H10N4O3. The van der Waals surface area contributed by atoms with Gasteiger partial charge >= 0.3 is 0 Å². The molecule has 0 rings (SSSR count). The largest absolute Gasteiger partial charge is 0.410 e. The van der Waals surface area contributed by atoms with E-state index in [0.29, 0.717) is 0 Å². The highest BCUT2D eigenvalue weighted by molar-refractivity contribution is 6.66. The van der Waals surface area contributed by atoms with Crippen LogP contribution < -0.4 is 5.43 Å². The maximum Gasteiger partial charge on any atom is 0.254 e. The van der Waals surface area contributed by atoms with Crippen molar-refractivity contribution in [1.29, 1.82) is 5.26 Å². The van der Waals surface area contributed by atoms with Crippen LogP contribution in [0.5, 0.6) is 0 Å². The van der Waals surface area contributed by atoms with Crippen LogP contribution in [0.25, 0.3) is 0 Å². The number of oxime groups is 1. The van der Waals surface area contributed by atoms with Gasteiger partial charge in [0.15, 0.2) is 11.5 Å². The van der Waals surface area contributed by atoms with Gasteiger partial charge in [-0.15, -0.1) is 0 Å². The van der Waals surface area contributed by atoms with E-state index in [1.807, 2.05) is 5.43 Å². The maximum absolute atomic E-state index is 10.9. The number of rotatable bonds is 4. The summed E-state index contributed by atoms with van der Waals surface area (Å²) in [7, 11) is 0. The number of ketones is 1. The summed E-state index contributed by atoms with van der Waals surface area (Å²) in [6.07, 6.45) is -0.331. The third kappa shape index (κ3) is 4.52. The molecule has 0 aromatic heterocycles. The first-order valence-corrected chi connectivity index (χ1v) is 3.96. The van der Waals surface area contributed by atoms with Crippen molar-refractivity contribution in [2.24, 2.45) is 10.3 Å². The number of nitrogens with zero attached hydrogens (tertiary/aromatic N) is 3. The molecule has 0 unspecified atom stereocenters. The summed E-state index contributed by atoms with van der Waals surface area (Å²) in [6.45, 7) is 2.59. The maximum atomic E-state index is 10.9. The predicted molar refractivity (Wildman–Crippen MR) is 51.4 cm³/mol. The molecular weight excluding hydrogens is 200 g/mol. The molecule has 7 heteroatoms. The highest BCUT2D eigenvalue weighted by atomic mass is 16.4. The van der Waals surface area contributed by atoms with Gasteiger partial charge in [-0.05, 0) is 6.92 Å². The summed E-state index contributed by atoms with van der Waals surface area (Å²) in [4.78, 5) is 21.7. The molecule has 0 aromatic rings. The van der Waals surface area contributed by atoms with Gasteiger partial charge in [-0.25, -0.2) is 5.43 Å². The van der Waals surface area contributed by atoms with E-state index < -0.39 is 11.7 Å². The first-order chi connectivity index (χ1) is 7.02. The summed E-state index contributed by atoms with van der Waals surface area (Å²) in [6, 6.07) is 1.63. The lowest BCUT2D eigenvalue weighted by Crippen LogP contribution is -2.25. The van der Waals surface area contributed by atoms with Crippen LogP contribution in [0.3, 0.4) is 0 Å². The van der Waals surface area contributed by atoms with Crippen LogP contribution in [-0.2, 0) is 9.59 Å². The van der Waals surface area contributed by atoms with Crippen LogP contribution in [-0.4, -0.2) is 28.3 Å². The van der Waals surface area contributed by atoms with Crippen molar-refractivity contribution in [3.05, 3.63) is 0 Å².